The van der Waals surface area contributed by atoms with E-state index in [4.69, 9.17) is 10.3 Å². The van der Waals surface area contributed by atoms with Crippen LogP contribution in [0.25, 0.3) is 10.4 Å². The zero-order valence-corrected chi connectivity index (χ0v) is 14.8. The van der Waals surface area contributed by atoms with Crippen LogP contribution in [-0.4, -0.2) is 23.8 Å². The predicted molar refractivity (Wildman–Crippen MR) is 101 cm³/mol. The summed E-state index contributed by atoms with van der Waals surface area (Å²) in [5.74, 6) is 0.603. The summed E-state index contributed by atoms with van der Waals surface area (Å²) in [4.78, 5) is 14.9. The van der Waals surface area contributed by atoms with Crippen LogP contribution in [0.15, 0.2) is 64.6 Å². The summed E-state index contributed by atoms with van der Waals surface area (Å²) in [6.07, 6.45) is 6.16. The van der Waals surface area contributed by atoms with Crippen molar-refractivity contribution < 1.29 is 4.74 Å². The monoisotopic (exact) mass is 352 g/mol. The summed E-state index contributed by atoms with van der Waals surface area (Å²) >= 11 is 0. The Morgan fingerprint density at radius 1 is 1.12 bits per heavy atom. The van der Waals surface area contributed by atoms with Crippen LogP contribution in [-0.2, 0) is 4.74 Å². The number of pyridine rings is 1. The van der Waals surface area contributed by atoms with Crippen LogP contribution in [0.2, 0.25) is 0 Å². The molecular weight excluding hydrogens is 328 g/mol. The molecule has 1 aromatic carbocycles. The summed E-state index contributed by atoms with van der Waals surface area (Å²) in [5, 5.41) is 3.65. The molecule has 1 aliphatic carbocycles. The van der Waals surface area contributed by atoms with Crippen LogP contribution in [0.5, 0.6) is 0 Å². The molecule has 0 N–H and O–H groups in total. The fraction of sp³-hybridized carbons (Fsp3) is 0.450. The van der Waals surface area contributed by atoms with Crippen molar-refractivity contribution in [2.24, 2.45) is 5.11 Å². The van der Waals surface area contributed by atoms with Crippen molar-refractivity contribution in [3.05, 3.63) is 81.1 Å². The number of rotatable bonds is 7. The third-order valence-corrected chi connectivity index (χ3v) is 5.07. The van der Waals surface area contributed by atoms with Crippen molar-refractivity contribution in [3.8, 4) is 0 Å². The van der Waals surface area contributed by atoms with Gasteiger partial charge in [-0.05, 0) is 48.8 Å². The van der Waals surface area contributed by atoms with Gasteiger partial charge in [0.05, 0.1) is 18.8 Å². The van der Waals surface area contributed by atoms with Crippen LogP contribution in [0.1, 0.15) is 43.2 Å². The first-order chi connectivity index (χ1) is 12.8. The van der Waals surface area contributed by atoms with Gasteiger partial charge in [-0.2, -0.15) is 0 Å². The van der Waals surface area contributed by atoms with Crippen molar-refractivity contribution in [3.63, 3.8) is 0 Å². The molecule has 6 nitrogen and oxygen atoms in total. The molecule has 1 heterocycles. The molecule has 1 unspecified atom stereocenters. The lowest BCUT2D eigenvalue weighted by Crippen LogP contribution is -2.31. The van der Waals surface area contributed by atoms with Crippen molar-refractivity contribution >= 4 is 0 Å². The zero-order chi connectivity index (χ0) is 18.2. The predicted octanol–water partition coefficient (Wildman–Crippen LogP) is 4.44. The van der Waals surface area contributed by atoms with Gasteiger partial charge in [0, 0.05) is 23.7 Å². The van der Waals surface area contributed by atoms with E-state index in [-0.39, 0.29) is 24.2 Å². The number of benzene rings is 1. The van der Waals surface area contributed by atoms with Crippen molar-refractivity contribution in [1.29, 1.82) is 0 Å². The fourth-order valence-corrected chi connectivity index (χ4v) is 3.63. The van der Waals surface area contributed by atoms with E-state index in [9.17, 15) is 4.79 Å². The third-order valence-electron chi connectivity index (χ3n) is 5.07. The second-order valence-corrected chi connectivity index (χ2v) is 6.73. The second-order valence-electron chi connectivity index (χ2n) is 6.73. The van der Waals surface area contributed by atoms with Gasteiger partial charge in [-0.1, -0.05) is 41.5 Å². The highest BCUT2D eigenvalue weighted by Gasteiger charge is 2.24. The van der Waals surface area contributed by atoms with Gasteiger partial charge in [-0.15, -0.1) is 0 Å². The molecule has 3 rings (SSSR count). The van der Waals surface area contributed by atoms with Gasteiger partial charge >= 0.3 is 0 Å². The highest BCUT2D eigenvalue weighted by molar-refractivity contribution is 5.19. The fourth-order valence-electron chi connectivity index (χ4n) is 3.63. The topological polar surface area (TPSA) is 80.0 Å². The second kappa shape index (κ2) is 9.22. The molecule has 6 heteroatoms. The van der Waals surface area contributed by atoms with Crippen LogP contribution in [0.4, 0.5) is 0 Å². The lowest BCUT2D eigenvalue weighted by molar-refractivity contribution is 0.00788. The summed E-state index contributed by atoms with van der Waals surface area (Å²) in [7, 11) is 0. The largest absolute Gasteiger partial charge is 0.376 e. The Kier molecular flexibility index (Phi) is 6.47. The highest BCUT2D eigenvalue weighted by Crippen LogP contribution is 2.34. The number of hydrogen-bond acceptors (Lipinski definition) is 3. The minimum atomic E-state index is -0.272. The Bertz CT molecular complexity index is 791. The number of hydrogen-bond donors (Lipinski definition) is 0. The number of aromatic nitrogens is 1. The molecule has 0 amide bonds. The molecule has 1 saturated carbocycles. The van der Waals surface area contributed by atoms with E-state index >= 15 is 0 Å². The molecule has 0 spiro atoms. The van der Waals surface area contributed by atoms with Gasteiger partial charge in [-0.25, -0.2) is 0 Å². The number of ether oxygens (including phenoxy) is 1. The maximum atomic E-state index is 12.0. The van der Waals surface area contributed by atoms with Crippen LogP contribution in [0, 0.1) is 0 Å². The van der Waals surface area contributed by atoms with Crippen molar-refractivity contribution in [2.45, 2.75) is 43.7 Å². The molecule has 0 saturated heterocycles. The van der Waals surface area contributed by atoms with E-state index in [2.05, 4.69) is 34.3 Å². The van der Waals surface area contributed by atoms with Gasteiger partial charge in [-0.3, -0.25) is 4.79 Å². The van der Waals surface area contributed by atoms with Crippen LogP contribution in [0.3, 0.4) is 0 Å². The first-order valence-electron chi connectivity index (χ1n) is 9.12. The molecule has 1 aromatic heterocycles. The Labute approximate surface area is 153 Å². The highest BCUT2D eigenvalue weighted by atomic mass is 16.5. The quantitative estimate of drug-likeness (QED) is 0.419. The molecular formula is C20H24N4O2. The van der Waals surface area contributed by atoms with E-state index in [1.165, 1.54) is 11.6 Å². The standard InChI is InChI=1S/C20H24N4O2/c21-23-22-14-18(24-13-5-4-8-20(24)25)15-26-19-11-9-17(10-12-19)16-6-2-1-3-7-16/h1-8,13,17-19H,9-12,14-15H2. The maximum Gasteiger partial charge on any atom is 0.250 e. The average molecular weight is 352 g/mol. The Hall–Kier alpha value is -2.56. The maximum absolute atomic E-state index is 12.0. The Balaban J connectivity index is 1.56. The summed E-state index contributed by atoms with van der Waals surface area (Å²) < 4.78 is 7.68. The van der Waals surface area contributed by atoms with Gasteiger partial charge < -0.3 is 9.30 Å². The molecule has 26 heavy (non-hydrogen) atoms. The summed E-state index contributed by atoms with van der Waals surface area (Å²) in [5.41, 5.74) is 9.91. The zero-order valence-electron chi connectivity index (χ0n) is 14.8. The first kappa shape index (κ1) is 18.2. The van der Waals surface area contributed by atoms with E-state index in [0.29, 0.717) is 12.5 Å². The molecule has 136 valence electrons. The molecule has 2 aromatic rings. The molecule has 0 aliphatic heterocycles. The number of nitrogens with zero attached hydrogens (tertiary/aromatic N) is 4. The lowest BCUT2D eigenvalue weighted by atomic mass is 9.83. The number of azide groups is 1. The Morgan fingerprint density at radius 3 is 2.54 bits per heavy atom. The average Bonchev–Trinajstić information content (AvgIpc) is 2.70. The SMILES string of the molecule is [N-]=[N+]=NCC(COC1CCC(c2ccccc2)CC1)n1ccccc1=O. The van der Waals surface area contributed by atoms with E-state index < -0.39 is 0 Å². The van der Waals surface area contributed by atoms with Crippen molar-refractivity contribution in [2.75, 3.05) is 13.2 Å². The Morgan fingerprint density at radius 2 is 1.85 bits per heavy atom. The molecule has 1 aliphatic rings. The molecule has 1 atom stereocenters. The van der Waals surface area contributed by atoms with Gasteiger partial charge in [0.1, 0.15) is 0 Å². The van der Waals surface area contributed by atoms with Gasteiger partial charge in [0.25, 0.3) is 5.56 Å². The summed E-state index contributed by atoms with van der Waals surface area (Å²) in [6, 6.07) is 15.4. The van der Waals surface area contributed by atoms with Crippen molar-refractivity contribution in [1.82, 2.24) is 4.57 Å². The smallest absolute Gasteiger partial charge is 0.250 e. The molecule has 0 bridgehead atoms. The van der Waals surface area contributed by atoms with Gasteiger partial charge in [0.15, 0.2) is 0 Å². The lowest BCUT2D eigenvalue weighted by Gasteiger charge is -2.30. The van der Waals surface area contributed by atoms with E-state index in [1.807, 2.05) is 6.07 Å². The van der Waals surface area contributed by atoms with E-state index in [0.717, 1.165) is 25.7 Å². The van der Waals surface area contributed by atoms with Crippen LogP contribution >= 0.6 is 0 Å². The van der Waals surface area contributed by atoms with Crippen LogP contribution < -0.4 is 5.56 Å². The minimum Gasteiger partial charge on any atom is -0.376 e. The molecule has 0 radical (unpaired) electrons. The van der Waals surface area contributed by atoms with Gasteiger partial charge in [0.2, 0.25) is 0 Å². The summed E-state index contributed by atoms with van der Waals surface area (Å²) in [6.45, 7) is 0.587. The minimum absolute atomic E-state index is 0.109. The first-order valence-corrected chi connectivity index (χ1v) is 9.12. The third kappa shape index (κ3) is 4.75. The molecule has 1 fully saturated rings. The van der Waals surface area contributed by atoms with E-state index in [1.54, 1.807) is 22.9 Å². The normalized spacial score (nSPS) is 20.9.